The zero-order valence-corrected chi connectivity index (χ0v) is 24.6. The molecule has 0 aliphatic carbocycles. The van der Waals surface area contributed by atoms with Crippen LogP contribution < -0.4 is 10.0 Å². The number of hydrogen-bond acceptors (Lipinski definition) is 5. The fourth-order valence-corrected chi connectivity index (χ4v) is 7.60. The Morgan fingerprint density at radius 2 is 1.59 bits per heavy atom. The maximum absolute atomic E-state index is 12.9. The average Bonchev–Trinajstić information content (AvgIpc) is 2.88. The lowest BCUT2D eigenvalue weighted by atomic mass is 9.97. The first-order chi connectivity index (χ1) is 18.3. The van der Waals surface area contributed by atoms with Gasteiger partial charge in [-0.25, -0.2) is 21.1 Å². The van der Waals surface area contributed by atoms with Gasteiger partial charge in [0.1, 0.15) is 0 Å². The first-order valence-corrected chi connectivity index (χ1v) is 16.1. The second kappa shape index (κ2) is 11.9. The molecule has 0 bridgehead atoms. The van der Waals surface area contributed by atoms with Gasteiger partial charge < -0.3 is 5.32 Å². The van der Waals surface area contributed by atoms with Crippen molar-refractivity contribution in [3.05, 3.63) is 87.4 Å². The lowest BCUT2D eigenvalue weighted by molar-refractivity contribution is -0.120. The van der Waals surface area contributed by atoms with Gasteiger partial charge in [0.15, 0.2) is 0 Å². The summed E-state index contributed by atoms with van der Waals surface area (Å²) in [6.07, 6.45) is 0.733. The molecule has 39 heavy (non-hydrogen) atoms. The number of amides is 1. The molecule has 3 aromatic rings. The van der Waals surface area contributed by atoms with E-state index in [-0.39, 0.29) is 35.6 Å². The van der Waals surface area contributed by atoms with Gasteiger partial charge >= 0.3 is 0 Å². The van der Waals surface area contributed by atoms with Crippen LogP contribution in [0.15, 0.2) is 65.6 Å². The Kier molecular flexibility index (Phi) is 8.92. The molecular formula is C27H29Cl2N3O5S2. The molecule has 0 radical (unpaired) electrons. The molecule has 4 rings (SSSR count). The van der Waals surface area contributed by atoms with E-state index in [0.717, 1.165) is 11.1 Å². The highest BCUT2D eigenvalue weighted by Crippen LogP contribution is 2.27. The Morgan fingerprint density at radius 1 is 0.923 bits per heavy atom. The molecule has 0 atom stereocenters. The number of hydrogen-bond donors (Lipinski definition) is 2. The minimum absolute atomic E-state index is 0.0701. The largest absolute Gasteiger partial charge is 0.326 e. The third-order valence-electron chi connectivity index (χ3n) is 6.64. The van der Waals surface area contributed by atoms with Gasteiger partial charge in [0.05, 0.1) is 16.3 Å². The lowest BCUT2D eigenvalue weighted by Crippen LogP contribution is -2.41. The number of halogens is 2. The van der Waals surface area contributed by atoms with E-state index in [2.05, 4.69) is 10.0 Å². The van der Waals surface area contributed by atoms with Gasteiger partial charge in [-0.05, 0) is 85.8 Å². The number of aryl methyl sites for hydroxylation is 2. The monoisotopic (exact) mass is 609 g/mol. The molecule has 0 saturated carbocycles. The zero-order chi connectivity index (χ0) is 28.4. The van der Waals surface area contributed by atoms with Crippen molar-refractivity contribution in [2.45, 2.75) is 37.3 Å². The van der Waals surface area contributed by atoms with E-state index in [1.165, 1.54) is 34.6 Å². The quantitative estimate of drug-likeness (QED) is 0.345. The molecule has 0 aromatic heterocycles. The number of carbonyl (C=O) groups excluding carboxylic acids is 1. The fraction of sp³-hybridized carbons (Fsp3) is 0.296. The van der Waals surface area contributed by atoms with E-state index in [9.17, 15) is 21.6 Å². The fourth-order valence-electron chi connectivity index (χ4n) is 4.33. The highest BCUT2D eigenvalue weighted by Gasteiger charge is 2.31. The lowest BCUT2D eigenvalue weighted by Gasteiger charge is -2.30. The Bertz CT molecular complexity index is 1590. The third kappa shape index (κ3) is 7.32. The molecule has 1 aliphatic heterocycles. The van der Waals surface area contributed by atoms with E-state index in [1.807, 2.05) is 26.0 Å². The first kappa shape index (κ1) is 29.4. The van der Waals surface area contributed by atoms with Crippen molar-refractivity contribution in [2.75, 3.05) is 23.1 Å². The first-order valence-electron chi connectivity index (χ1n) is 12.3. The van der Waals surface area contributed by atoms with Crippen molar-refractivity contribution in [3.8, 4) is 0 Å². The molecular weight excluding hydrogens is 581 g/mol. The van der Waals surface area contributed by atoms with E-state index in [4.69, 9.17) is 23.2 Å². The molecule has 12 heteroatoms. The standard InChI is InChI=1S/C27H29Cl2N3O5S2/c1-18-3-4-19(2)26(15-18)31-39(36,37)24-9-7-23(8-10-24)30-27(33)20-11-13-32(14-12-20)38(34,35)17-21-5-6-22(28)16-25(21)29/h3-10,15-16,20,31H,11-14,17H2,1-2H3,(H,30,33). The van der Waals surface area contributed by atoms with Crippen molar-refractivity contribution in [1.82, 2.24) is 4.31 Å². The molecule has 2 N–H and O–H groups in total. The maximum Gasteiger partial charge on any atom is 0.261 e. The summed E-state index contributed by atoms with van der Waals surface area (Å²) in [5.74, 6) is -0.852. The van der Waals surface area contributed by atoms with Crippen molar-refractivity contribution < 1.29 is 21.6 Å². The minimum Gasteiger partial charge on any atom is -0.326 e. The van der Waals surface area contributed by atoms with Gasteiger partial charge in [-0.1, -0.05) is 41.4 Å². The molecule has 1 heterocycles. The Balaban J connectivity index is 1.33. The van der Waals surface area contributed by atoms with Crippen molar-refractivity contribution in [1.29, 1.82) is 0 Å². The van der Waals surface area contributed by atoms with Crippen molar-refractivity contribution in [2.24, 2.45) is 5.92 Å². The normalized spacial score (nSPS) is 15.2. The summed E-state index contributed by atoms with van der Waals surface area (Å²) in [6, 6.07) is 16.2. The van der Waals surface area contributed by atoms with Gasteiger partial charge in [0.25, 0.3) is 10.0 Å². The second-order valence-corrected chi connectivity index (χ2v) is 14.1. The van der Waals surface area contributed by atoms with E-state index < -0.39 is 20.0 Å². The Labute approximate surface area is 239 Å². The van der Waals surface area contributed by atoms with Crippen molar-refractivity contribution >= 4 is 60.5 Å². The van der Waals surface area contributed by atoms with Crippen LogP contribution in [-0.2, 0) is 30.6 Å². The number of benzene rings is 3. The number of nitrogens with one attached hydrogen (secondary N) is 2. The summed E-state index contributed by atoms with van der Waals surface area (Å²) in [5.41, 5.74) is 3.18. The van der Waals surface area contributed by atoms with Crippen LogP contribution in [0, 0.1) is 19.8 Å². The second-order valence-electron chi connectivity index (χ2n) is 9.60. The predicted molar refractivity (Wildman–Crippen MR) is 155 cm³/mol. The summed E-state index contributed by atoms with van der Waals surface area (Å²) in [6.45, 7) is 4.14. The summed E-state index contributed by atoms with van der Waals surface area (Å²) in [4.78, 5) is 12.9. The zero-order valence-electron chi connectivity index (χ0n) is 21.4. The van der Waals surface area contributed by atoms with Crippen LogP contribution in [0.2, 0.25) is 10.0 Å². The number of rotatable bonds is 8. The number of carbonyl (C=O) groups is 1. The van der Waals surface area contributed by atoms with Gasteiger partial charge in [0.2, 0.25) is 15.9 Å². The van der Waals surface area contributed by atoms with Crippen LogP contribution in [0.5, 0.6) is 0 Å². The Hall–Kier alpha value is -2.63. The third-order valence-corrected chi connectivity index (χ3v) is 10.4. The predicted octanol–water partition coefficient (Wildman–Crippen LogP) is 5.59. The van der Waals surface area contributed by atoms with Crippen LogP contribution in [0.3, 0.4) is 0 Å². The van der Waals surface area contributed by atoms with Gasteiger partial charge in [-0.3, -0.25) is 9.52 Å². The van der Waals surface area contributed by atoms with E-state index >= 15 is 0 Å². The topological polar surface area (TPSA) is 113 Å². The van der Waals surface area contributed by atoms with Crippen LogP contribution in [0.4, 0.5) is 11.4 Å². The summed E-state index contributed by atoms with van der Waals surface area (Å²) >= 11 is 12.0. The molecule has 1 saturated heterocycles. The Morgan fingerprint density at radius 3 is 2.23 bits per heavy atom. The molecule has 1 fully saturated rings. The van der Waals surface area contributed by atoms with Gasteiger partial charge in [-0.2, -0.15) is 0 Å². The number of anilines is 2. The molecule has 3 aromatic carbocycles. The van der Waals surface area contributed by atoms with Crippen molar-refractivity contribution in [3.63, 3.8) is 0 Å². The van der Waals surface area contributed by atoms with Gasteiger partial charge in [-0.15, -0.1) is 0 Å². The SMILES string of the molecule is Cc1ccc(C)c(NS(=O)(=O)c2ccc(NC(=O)C3CCN(S(=O)(=O)Cc4ccc(Cl)cc4Cl)CC3)cc2)c1. The van der Waals surface area contributed by atoms with Gasteiger partial charge in [0, 0.05) is 34.7 Å². The smallest absolute Gasteiger partial charge is 0.261 e. The highest BCUT2D eigenvalue weighted by molar-refractivity contribution is 7.92. The van der Waals surface area contributed by atoms with Crippen LogP contribution in [0.25, 0.3) is 0 Å². The molecule has 1 amide bonds. The molecule has 8 nitrogen and oxygen atoms in total. The summed E-state index contributed by atoms with van der Waals surface area (Å²) in [5, 5.41) is 3.53. The highest BCUT2D eigenvalue weighted by atomic mass is 35.5. The van der Waals surface area contributed by atoms with E-state index in [0.29, 0.717) is 39.8 Å². The number of piperidine rings is 1. The maximum atomic E-state index is 12.9. The van der Waals surface area contributed by atoms with E-state index in [1.54, 1.807) is 18.2 Å². The van der Waals surface area contributed by atoms with Crippen LogP contribution in [-0.4, -0.2) is 40.1 Å². The summed E-state index contributed by atoms with van der Waals surface area (Å²) in [7, 11) is -7.42. The van der Waals surface area contributed by atoms with Crippen LogP contribution >= 0.6 is 23.2 Å². The van der Waals surface area contributed by atoms with Crippen LogP contribution in [0.1, 0.15) is 29.5 Å². The minimum atomic E-state index is -3.81. The molecule has 1 aliphatic rings. The number of sulfonamides is 2. The number of nitrogens with zero attached hydrogens (tertiary/aromatic N) is 1. The molecule has 0 spiro atoms. The molecule has 0 unspecified atom stereocenters. The summed E-state index contributed by atoms with van der Waals surface area (Å²) < 4.78 is 55.5. The average molecular weight is 611 g/mol. The molecule has 208 valence electrons.